The van der Waals surface area contributed by atoms with Gasteiger partial charge in [-0.05, 0) is 42.2 Å². The SMILES string of the molecule is CC(C)CC(Nc1nc(Cl)cc(-c2cccc(F)c2)n1)C(=O)NCc1ccc(Cl)cc1. The number of carbonyl (C=O) groups excluding carboxylic acids is 1. The van der Waals surface area contributed by atoms with E-state index in [0.717, 1.165) is 5.56 Å². The zero-order valence-electron chi connectivity index (χ0n) is 17.2. The Hall–Kier alpha value is -2.70. The summed E-state index contributed by atoms with van der Waals surface area (Å²) < 4.78 is 13.6. The number of amides is 1. The van der Waals surface area contributed by atoms with Crippen molar-refractivity contribution in [2.45, 2.75) is 32.9 Å². The molecule has 5 nitrogen and oxygen atoms in total. The third-order valence-electron chi connectivity index (χ3n) is 4.52. The average molecular weight is 461 g/mol. The van der Waals surface area contributed by atoms with Crippen molar-refractivity contribution < 1.29 is 9.18 Å². The molecule has 0 saturated heterocycles. The van der Waals surface area contributed by atoms with Crippen molar-refractivity contribution in [3.63, 3.8) is 0 Å². The normalized spacial score (nSPS) is 11.9. The zero-order valence-corrected chi connectivity index (χ0v) is 18.7. The molecule has 3 aromatic rings. The van der Waals surface area contributed by atoms with Gasteiger partial charge in [-0.2, -0.15) is 0 Å². The minimum Gasteiger partial charge on any atom is -0.350 e. The van der Waals surface area contributed by atoms with Crippen LogP contribution in [0.4, 0.5) is 10.3 Å². The van der Waals surface area contributed by atoms with Crippen LogP contribution in [0.25, 0.3) is 11.3 Å². The molecule has 2 N–H and O–H groups in total. The summed E-state index contributed by atoms with van der Waals surface area (Å²) in [7, 11) is 0. The van der Waals surface area contributed by atoms with Crippen LogP contribution in [0.3, 0.4) is 0 Å². The van der Waals surface area contributed by atoms with E-state index in [-0.39, 0.29) is 28.7 Å². The minimum absolute atomic E-state index is 0.181. The van der Waals surface area contributed by atoms with Crippen LogP contribution in [0.2, 0.25) is 10.2 Å². The summed E-state index contributed by atoms with van der Waals surface area (Å²) in [4.78, 5) is 21.5. The van der Waals surface area contributed by atoms with Crippen molar-refractivity contribution >= 4 is 35.1 Å². The van der Waals surface area contributed by atoms with Gasteiger partial charge in [0.25, 0.3) is 0 Å². The molecule has 1 atom stereocenters. The molecule has 0 radical (unpaired) electrons. The molecule has 0 aliphatic rings. The van der Waals surface area contributed by atoms with Gasteiger partial charge in [0.05, 0.1) is 5.69 Å². The van der Waals surface area contributed by atoms with Gasteiger partial charge in [-0.1, -0.05) is 61.3 Å². The molecule has 1 unspecified atom stereocenters. The molecule has 1 aromatic heterocycles. The Bertz CT molecular complexity index is 1040. The summed E-state index contributed by atoms with van der Waals surface area (Å²) >= 11 is 12.1. The molecule has 3 rings (SSSR count). The van der Waals surface area contributed by atoms with E-state index in [4.69, 9.17) is 23.2 Å². The van der Waals surface area contributed by atoms with Crippen LogP contribution in [0.1, 0.15) is 25.8 Å². The maximum atomic E-state index is 13.6. The average Bonchev–Trinajstić information content (AvgIpc) is 2.72. The van der Waals surface area contributed by atoms with Crippen LogP contribution in [0.5, 0.6) is 0 Å². The standard InChI is InChI=1S/C23H23Cl2FN4O/c1-14(2)10-20(22(31)27-13-15-6-8-17(24)9-7-15)29-23-28-19(12-21(25)30-23)16-4-3-5-18(26)11-16/h3-9,11-12,14,20H,10,13H2,1-2H3,(H,27,31)(H,28,29,30). The van der Waals surface area contributed by atoms with Gasteiger partial charge in [0, 0.05) is 23.2 Å². The quantitative estimate of drug-likeness (QED) is 0.421. The number of aromatic nitrogens is 2. The summed E-state index contributed by atoms with van der Waals surface area (Å²) in [5.74, 6) is -0.0970. The van der Waals surface area contributed by atoms with E-state index in [0.29, 0.717) is 29.2 Å². The molecule has 1 amide bonds. The van der Waals surface area contributed by atoms with Crippen LogP contribution < -0.4 is 10.6 Å². The van der Waals surface area contributed by atoms with Gasteiger partial charge in [0.15, 0.2) is 0 Å². The smallest absolute Gasteiger partial charge is 0.242 e. The Morgan fingerprint density at radius 3 is 2.48 bits per heavy atom. The van der Waals surface area contributed by atoms with Crippen LogP contribution in [0.15, 0.2) is 54.6 Å². The highest BCUT2D eigenvalue weighted by atomic mass is 35.5. The second-order valence-corrected chi connectivity index (χ2v) is 8.40. The molecule has 0 bridgehead atoms. The Balaban J connectivity index is 1.76. The summed E-state index contributed by atoms with van der Waals surface area (Å²) in [5.41, 5.74) is 1.97. The van der Waals surface area contributed by atoms with E-state index in [1.807, 2.05) is 26.0 Å². The monoisotopic (exact) mass is 460 g/mol. The lowest BCUT2D eigenvalue weighted by Crippen LogP contribution is -2.40. The Morgan fingerprint density at radius 2 is 1.81 bits per heavy atom. The van der Waals surface area contributed by atoms with Crippen LogP contribution >= 0.6 is 23.2 Å². The molecular weight excluding hydrogens is 438 g/mol. The number of nitrogens with zero attached hydrogens (tertiary/aromatic N) is 2. The minimum atomic E-state index is -0.564. The van der Waals surface area contributed by atoms with Crippen molar-refractivity contribution in [2.75, 3.05) is 5.32 Å². The Kier molecular flexibility index (Phi) is 7.82. The van der Waals surface area contributed by atoms with E-state index < -0.39 is 6.04 Å². The van der Waals surface area contributed by atoms with Crippen molar-refractivity contribution in [3.05, 3.63) is 76.2 Å². The lowest BCUT2D eigenvalue weighted by Gasteiger charge is -2.20. The predicted molar refractivity (Wildman–Crippen MR) is 123 cm³/mol. The molecule has 0 aliphatic heterocycles. The number of anilines is 1. The van der Waals surface area contributed by atoms with Crippen molar-refractivity contribution in [1.29, 1.82) is 0 Å². The number of carbonyl (C=O) groups is 1. The van der Waals surface area contributed by atoms with Gasteiger partial charge < -0.3 is 10.6 Å². The first kappa shape index (κ1) is 23.0. The second-order valence-electron chi connectivity index (χ2n) is 7.58. The molecule has 162 valence electrons. The van der Waals surface area contributed by atoms with E-state index in [2.05, 4.69) is 20.6 Å². The van der Waals surface area contributed by atoms with E-state index in [9.17, 15) is 9.18 Å². The number of benzene rings is 2. The lowest BCUT2D eigenvalue weighted by atomic mass is 10.0. The largest absolute Gasteiger partial charge is 0.350 e. The van der Waals surface area contributed by atoms with Crippen LogP contribution in [-0.2, 0) is 11.3 Å². The van der Waals surface area contributed by atoms with Gasteiger partial charge in [-0.3, -0.25) is 4.79 Å². The van der Waals surface area contributed by atoms with Crippen molar-refractivity contribution in [3.8, 4) is 11.3 Å². The maximum absolute atomic E-state index is 13.6. The molecule has 2 aromatic carbocycles. The molecule has 31 heavy (non-hydrogen) atoms. The summed E-state index contributed by atoms with van der Waals surface area (Å²) in [6, 6.07) is 14.3. The third-order valence-corrected chi connectivity index (χ3v) is 4.97. The van der Waals surface area contributed by atoms with Gasteiger partial charge >= 0.3 is 0 Å². The summed E-state index contributed by atoms with van der Waals surface area (Å²) in [5, 5.41) is 6.85. The molecule has 8 heteroatoms. The Morgan fingerprint density at radius 1 is 1.06 bits per heavy atom. The number of nitrogens with one attached hydrogen (secondary N) is 2. The highest BCUT2D eigenvalue weighted by Crippen LogP contribution is 2.23. The van der Waals surface area contributed by atoms with Crippen LogP contribution in [0, 0.1) is 11.7 Å². The van der Waals surface area contributed by atoms with E-state index in [1.54, 1.807) is 30.3 Å². The molecule has 1 heterocycles. The van der Waals surface area contributed by atoms with Crippen molar-refractivity contribution in [2.24, 2.45) is 5.92 Å². The number of halogens is 3. The van der Waals surface area contributed by atoms with Crippen LogP contribution in [-0.4, -0.2) is 21.9 Å². The first-order chi connectivity index (χ1) is 14.8. The molecule has 0 saturated carbocycles. The lowest BCUT2D eigenvalue weighted by molar-refractivity contribution is -0.122. The maximum Gasteiger partial charge on any atom is 0.242 e. The summed E-state index contributed by atoms with van der Waals surface area (Å²) in [6.07, 6.45) is 0.567. The fourth-order valence-electron chi connectivity index (χ4n) is 3.05. The van der Waals surface area contributed by atoms with Gasteiger partial charge in [-0.15, -0.1) is 0 Å². The first-order valence-corrected chi connectivity index (χ1v) is 10.6. The summed E-state index contributed by atoms with van der Waals surface area (Å²) in [6.45, 7) is 4.42. The van der Waals surface area contributed by atoms with Gasteiger partial charge in [-0.25, -0.2) is 14.4 Å². The Labute approximate surface area is 191 Å². The van der Waals surface area contributed by atoms with Gasteiger partial charge in [0.2, 0.25) is 11.9 Å². The number of hydrogen-bond acceptors (Lipinski definition) is 4. The number of hydrogen-bond donors (Lipinski definition) is 2. The fraction of sp³-hybridized carbons (Fsp3) is 0.261. The zero-order chi connectivity index (χ0) is 22.4. The highest BCUT2D eigenvalue weighted by Gasteiger charge is 2.21. The molecule has 0 fully saturated rings. The van der Waals surface area contributed by atoms with E-state index in [1.165, 1.54) is 12.1 Å². The van der Waals surface area contributed by atoms with Crippen molar-refractivity contribution in [1.82, 2.24) is 15.3 Å². The topological polar surface area (TPSA) is 66.9 Å². The highest BCUT2D eigenvalue weighted by molar-refractivity contribution is 6.30. The third kappa shape index (κ3) is 6.91. The van der Waals surface area contributed by atoms with E-state index >= 15 is 0 Å². The predicted octanol–water partition coefficient (Wildman–Crippen LogP) is 5.73. The molecule has 0 aliphatic carbocycles. The molecule has 0 spiro atoms. The number of rotatable bonds is 8. The second kappa shape index (κ2) is 10.6. The first-order valence-electron chi connectivity index (χ1n) is 9.89. The van der Waals surface area contributed by atoms with Gasteiger partial charge in [0.1, 0.15) is 17.0 Å². The fourth-order valence-corrected chi connectivity index (χ4v) is 3.36. The molecular formula is C23H23Cl2FN4O.